The predicted molar refractivity (Wildman–Crippen MR) is 123 cm³/mol. The number of benzene rings is 2. The number of carbonyl (C=O) groups excluding carboxylic acids is 2. The van der Waals surface area contributed by atoms with Crippen molar-refractivity contribution in [1.82, 2.24) is 4.98 Å². The first-order valence-electron chi connectivity index (χ1n) is 9.41. The van der Waals surface area contributed by atoms with Gasteiger partial charge in [0.15, 0.2) is 18.1 Å². The summed E-state index contributed by atoms with van der Waals surface area (Å²) in [5.41, 5.74) is 3.52. The van der Waals surface area contributed by atoms with E-state index in [9.17, 15) is 9.59 Å². The maximum atomic E-state index is 12.6. The Hall–Kier alpha value is -3.24. The third kappa shape index (κ3) is 5.92. The van der Waals surface area contributed by atoms with Crippen LogP contribution in [-0.2, 0) is 15.3 Å². The SMILES string of the molecule is COc1cc(NC(=O)COC(=O)c2ccccc2SCc2cscn2)cc(OC)c1OC. The summed E-state index contributed by atoms with van der Waals surface area (Å²) in [6.45, 7) is -0.444. The van der Waals surface area contributed by atoms with Gasteiger partial charge in [-0.15, -0.1) is 23.1 Å². The Bertz CT molecular complexity index is 1050. The van der Waals surface area contributed by atoms with Crippen molar-refractivity contribution < 1.29 is 28.5 Å². The Balaban J connectivity index is 1.61. The molecule has 0 atom stereocenters. The third-order valence-electron chi connectivity index (χ3n) is 4.25. The molecule has 0 saturated heterocycles. The number of methoxy groups -OCH3 is 3. The fraction of sp³-hybridized carbons (Fsp3) is 0.227. The Morgan fingerprint density at radius 2 is 1.78 bits per heavy atom. The van der Waals surface area contributed by atoms with Crippen LogP contribution in [0, 0.1) is 0 Å². The van der Waals surface area contributed by atoms with Crippen molar-refractivity contribution in [3.63, 3.8) is 0 Å². The summed E-state index contributed by atoms with van der Waals surface area (Å²) in [6, 6.07) is 10.3. The molecule has 0 bridgehead atoms. The zero-order valence-electron chi connectivity index (χ0n) is 17.7. The van der Waals surface area contributed by atoms with Crippen LogP contribution in [0.4, 0.5) is 5.69 Å². The van der Waals surface area contributed by atoms with Crippen LogP contribution in [0.1, 0.15) is 16.1 Å². The summed E-state index contributed by atoms with van der Waals surface area (Å²) < 4.78 is 21.0. The normalized spacial score (nSPS) is 10.3. The van der Waals surface area contributed by atoms with Gasteiger partial charge in [0, 0.05) is 33.8 Å². The van der Waals surface area contributed by atoms with Gasteiger partial charge in [-0.05, 0) is 12.1 Å². The highest BCUT2D eigenvalue weighted by Gasteiger charge is 2.17. The van der Waals surface area contributed by atoms with Crippen LogP contribution >= 0.6 is 23.1 Å². The molecular formula is C22H22N2O6S2. The van der Waals surface area contributed by atoms with Gasteiger partial charge >= 0.3 is 5.97 Å². The van der Waals surface area contributed by atoms with Crippen molar-refractivity contribution in [2.24, 2.45) is 0 Å². The second-order valence-corrected chi connectivity index (χ2v) is 8.04. The van der Waals surface area contributed by atoms with Crippen LogP contribution < -0.4 is 19.5 Å². The fourth-order valence-electron chi connectivity index (χ4n) is 2.78. The molecule has 3 rings (SSSR count). The molecule has 0 radical (unpaired) electrons. The first-order chi connectivity index (χ1) is 15.5. The Morgan fingerprint density at radius 1 is 1.06 bits per heavy atom. The van der Waals surface area contributed by atoms with Gasteiger partial charge in [-0.1, -0.05) is 12.1 Å². The number of hydrogen-bond donors (Lipinski definition) is 1. The molecule has 0 aliphatic heterocycles. The first-order valence-corrected chi connectivity index (χ1v) is 11.3. The minimum Gasteiger partial charge on any atom is -0.493 e. The lowest BCUT2D eigenvalue weighted by Gasteiger charge is -2.14. The van der Waals surface area contributed by atoms with Crippen molar-refractivity contribution in [3.8, 4) is 17.2 Å². The number of nitrogens with zero attached hydrogens (tertiary/aromatic N) is 1. The highest BCUT2D eigenvalue weighted by atomic mass is 32.2. The number of thiazole rings is 1. The number of carbonyl (C=O) groups is 2. The summed E-state index contributed by atoms with van der Waals surface area (Å²) in [4.78, 5) is 29.9. The second kappa shape index (κ2) is 11.4. The molecule has 2 aromatic carbocycles. The van der Waals surface area contributed by atoms with Crippen molar-refractivity contribution in [2.45, 2.75) is 10.6 Å². The average Bonchev–Trinajstić information content (AvgIpc) is 3.34. The highest BCUT2D eigenvalue weighted by molar-refractivity contribution is 7.98. The molecule has 1 N–H and O–H groups in total. The van der Waals surface area contributed by atoms with Gasteiger partial charge in [0.05, 0.1) is 38.1 Å². The lowest BCUT2D eigenvalue weighted by atomic mass is 10.2. The average molecular weight is 475 g/mol. The van der Waals surface area contributed by atoms with E-state index in [0.717, 1.165) is 10.6 Å². The molecule has 0 unspecified atom stereocenters. The van der Waals surface area contributed by atoms with E-state index in [-0.39, 0.29) is 0 Å². The number of ether oxygens (including phenoxy) is 4. The minimum atomic E-state index is -0.577. The number of esters is 1. The molecule has 3 aromatic rings. The standard InChI is InChI=1S/C22H22N2O6S2/c1-27-17-8-14(9-18(28-2)21(17)29-3)24-20(25)10-30-22(26)16-6-4-5-7-19(16)32-12-15-11-31-13-23-15/h4-9,11,13H,10,12H2,1-3H3,(H,24,25). The molecule has 0 fully saturated rings. The van der Waals surface area contributed by atoms with Crippen LogP contribution in [-0.4, -0.2) is 44.8 Å². The van der Waals surface area contributed by atoms with Crippen LogP contribution in [0.2, 0.25) is 0 Å². The number of anilines is 1. The monoisotopic (exact) mass is 474 g/mol. The van der Waals surface area contributed by atoms with Crippen LogP contribution in [0.15, 0.2) is 52.2 Å². The van der Waals surface area contributed by atoms with Gasteiger partial charge in [0.2, 0.25) is 5.75 Å². The molecule has 1 amide bonds. The van der Waals surface area contributed by atoms with E-state index in [1.165, 1.54) is 44.4 Å². The summed E-state index contributed by atoms with van der Waals surface area (Å²) >= 11 is 3.01. The van der Waals surface area contributed by atoms with Crippen molar-refractivity contribution >= 4 is 40.7 Å². The first kappa shape index (κ1) is 23.4. The van der Waals surface area contributed by atoms with Crippen molar-refractivity contribution in [3.05, 3.63) is 58.5 Å². The van der Waals surface area contributed by atoms with E-state index in [1.807, 2.05) is 17.5 Å². The summed E-state index contributed by atoms with van der Waals surface area (Å²) in [5.74, 6) is 0.753. The molecule has 0 spiro atoms. The Morgan fingerprint density at radius 3 is 2.41 bits per heavy atom. The van der Waals surface area contributed by atoms with Crippen LogP contribution in [0.5, 0.6) is 17.2 Å². The molecule has 32 heavy (non-hydrogen) atoms. The van der Waals surface area contributed by atoms with Gasteiger partial charge in [-0.25, -0.2) is 9.78 Å². The van der Waals surface area contributed by atoms with E-state index in [0.29, 0.717) is 34.3 Å². The maximum absolute atomic E-state index is 12.6. The summed E-state index contributed by atoms with van der Waals surface area (Å²) in [7, 11) is 4.45. The van der Waals surface area contributed by atoms with Crippen LogP contribution in [0.3, 0.4) is 0 Å². The number of amides is 1. The number of nitrogens with one attached hydrogen (secondary N) is 1. The molecule has 8 nitrogen and oxygen atoms in total. The topological polar surface area (TPSA) is 96.0 Å². The molecular weight excluding hydrogens is 452 g/mol. The number of rotatable bonds is 10. The number of aromatic nitrogens is 1. The van der Waals surface area contributed by atoms with Crippen molar-refractivity contribution in [1.29, 1.82) is 0 Å². The quantitative estimate of drug-likeness (QED) is 0.344. The Labute approximate surface area is 193 Å². The van der Waals surface area contributed by atoms with E-state index in [1.54, 1.807) is 29.8 Å². The van der Waals surface area contributed by atoms with Crippen LogP contribution in [0.25, 0.3) is 0 Å². The van der Waals surface area contributed by atoms with Gasteiger partial charge in [-0.3, -0.25) is 4.79 Å². The van der Waals surface area contributed by atoms with Gasteiger partial charge < -0.3 is 24.3 Å². The zero-order valence-corrected chi connectivity index (χ0v) is 19.4. The van der Waals surface area contributed by atoms with E-state index < -0.39 is 18.5 Å². The smallest absolute Gasteiger partial charge is 0.339 e. The van der Waals surface area contributed by atoms with Gasteiger partial charge in [0.1, 0.15) is 0 Å². The number of thioether (sulfide) groups is 1. The molecule has 0 saturated carbocycles. The number of hydrogen-bond acceptors (Lipinski definition) is 9. The molecule has 0 aliphatic rings. The van der Waals surface area contributed by atoms with E-state index >= 15 is 0 Å². The predicted octanol–water partition coefficient (Wildman–Crippen LogP) is 4.26. The van der Waals surface area contributed by atoms with E-state index in [4.69, 9.17) is 18.9 Å². The highest BCUT2D eigenvalue weighted by Crippen LogP contribution is 2.39. The largest absolute Gasteiger partial charge is 0.493 e. The van der Waals surface area contributed by atoms with Gasteiger partial charge in [0.25, 0.3) is 5.91 Å². The molecule has 1 aromatic heterocycles. The fourth-order valence-corrected chi connectivity index (χ4v) is 4.39. The Kier molecular flexibility index (Phi) is 8.34. The molecule has 1 heterocycles. The maximum Gasteiger partial charge on any atom is 0.339 e. The third-order valence-corrected chi connectivity index (χ3v) is 5.99. The molecule has 168 valence electrons. The molecule has 0 aliphatic carbocycles. The lowest BCUT2D eigenvalue weighted by Crippen LogP contribution is -2.21. The summed E-state index contributed by atoms with van der Waals surface area (Å²) in [6.07, 6.45) is 0. The van der Waals surface area contributed by atoms with E-state index in [2.05, 4.69) is 10.3 Å². The second-order valence-electron chi connectivity index (χ2n) is 6.30. The zero-order chi connectivity index (χ0) is 22.9. The molecule has 10 heteroatoms. The lowest BCUT2D eigenvalue weighted by molar-refractivity contribution is -0.119. The van der Waals surface area contributed by atoms with Crippen molar-refractivity contribution in [2.75, 3.05) is 33.3 Å². The minimum absolute atomic E-state index is 0.394. The van der Waals surface area contributed by atoms with Gasteiger partial charge in [-0.2, -0.15) is 0 Å². The summed E-state index contributed by atoms with van der Waals surface area (Å²) in [5, 5.41) is 4.62.